The molecule has 2 aliphatic heterocycles. The minimum absolute atomic E-state index is 0.140. The van der Waals surface area contributed by atoms with Crippen molar-refractivity contribution in [3.8, 4) is 0 Å². The van der Waals surface area contributed by atoms with Gasteiger partial charge in [-0.25, -0.2) is 14.4 Å². The standard InChI is InChI=1S/C21H33N3O8/c1-11(2)10-13(22-20(31)32-21(3,4)5)17(26)23-8-6-12(7-9-23)16(25)24-14(18(27)28)15(24)19(29)30/h11-15H,6-10H2,1-5H3,(H,22,31)(H,27,28)(H,29,30)/t13-,14-,15-/m0/s1. The van der Waals surface area contributed by atoms with Crippen molar-refractivity contribution in [2.75, 3.05) is 13.1 Å². The summed E-state index contributed by atoms with van der Waals surface area (Å²) in [4.78, 5) is 62.7. The minimum Gasteiger partial charge on any atom is -0.480 e. The van der Waals surface area contributed by atoms with Crippen LogP contribution in [0.3, 0.4) is 0 Å². The lowest BCUT2D eigenvalue weighted by atomic mass is 9.94. The van der Waals surface area contributed by atoms with Crippen molar-refractivity contribution in [1.29, 1.82) is 0 Å². The van der Waals surface area contributed by atoms with Gasteiger partial charge in [0.25, 0.3) is 0 Å². The summed E-state index contributed by atoms with van der Waals surface area (Å²) in [6, 6.07) is -3.45. The van der Waals surface area contributed by atoms with E-state index in [1.807, 2.05) is 13.8 Å². The van der Waals surface area contributed by atoms with Gasteiger partial charge in [0.05, 0.1) is 0 Å². The number of rotatable bonds is 7. The monoisotopic (exact) mass is 455 g/mol. The number of carbonyl (C=O) groups excluding carboxylic acids is 3. The van der Waals surface area contributed by atoms with E-state index in [2.05, 4.69) is 5.32 Å². The number of carbonyl (C=O) groups is 5. The van der Waals surface area contributed by atoms with E-state index in [1.54, 1.807) is 25.7 Å². The lowest BCUT2D eigenvalue weighted by Crippen LogP contribution is -2.52. The third-order valence-corrected chi connectivity index (χ3v) is 5.42. The average Bonchev–Trinajstić information content (AvgIpc) is 3.41. The van der Waals surface area contributed by atoms with Crippen LogP contribution in [0.25, 0.3) is 0 Å². The zero-order valence-corrected chi connectivity index (χ0v) is 19.2. The van der Waals surface area contributed by atoms with Crippen LogP contribution in [-0.4, -0.2) is 86.7 Å². The highest BCUT2D eigenvalue weighted by atomic mass is 16.6. The van der Waals surface area contributed by atoms with E-state index in [1.165, 1.54) is 0 Å². The maximum atomic E-state index is 13.0. The predicted molar refractivity (Wildman–Crippen MR) is 112 cm³/mol. The minimum atomic E-state index is -1.34. The van der Waals surface area contributed by atoms with Crippen molar-refractivity contribution in [2.24, 2.45) is 11.8 Å². The summed E-state index contributed by atoms with van der Waals surface area (Å²) < 4.78 is 5.26. The number of ether oxygens (including phenoxy) is 1. The molecule has 0 aromatic rings. The first-order valence-corrected chi connectivity index (χ1v) is 10.8. The first kappa shape index (κ1) is 25.4. The fourth-order valence-corrected chi connectivity index (χ4v) is 3.93. The summed E-state index contributed by atoms with van der Waals surface area (Å²) in [6.45, 7) is 9.56. The van der Waals surface area contributed by atoms with Gasteiger partial charge in [0.1, 0.15) is 11.6 Å². The molecule has 0 aromatic heterocycles. The summed E-state index contributed by atoms with van der Waals surface area (Å²) in [6.07, 6.45) is 0.328. The highest BCUT2D eigenvalue weighted by Gasteiger charge is 2.61. The molecule has 2 heterocycles. The number of carboxylic acid groups (broad SMARTS) is 2. The molecule has 3 N–H and O–H groups in total. The number of nitrogens with one attached hydrogen (secondary N) is 1. The molecule has 0 aliphatic carbocycles. The molecule has 0 aromatic carbocycles. The second kappa shape index (κ2) is 9.74. The van der Waals surface area contributed by atoms with Crippen molar-refractivity contribution in [2.45, 2.75) is 77.6 Å². The molecule has 3 amide bonds. The lowest BCUT2D eigenvalue weighted by molar-refractivity contribution is -0.143. The molecule has 0 unspecified atom stereocenters. The fourth-order valence-electron chi connectivity index (χ4n) is 3.93. The van der Waals surface area contributed by atoms with E-state index in [-0.39, 0.29) is 24.9 Å². The Morgan fingerprint density at radius 1 is 1.00 bits per heavy atom. The Kier molecular flexibility index (Phi) is 7.74. The number of carboxylic acids is 2. The summed E-state index contributed by atoms with van der Waals surface area (Å²) in [7, 11) is 0. The maximum absolute atomic E-state index is 13.0. The molecule has 32 heavy (non-hydrogen) atoms. The molecule has 0 radical (unpaired) electrons. The average molecular weight is 456 g/mol. The summed E-state index contributed by atoms with van der Waals surface area (Å²) in [5, 5.41) is 20.9. The van der Waals surface area contributed by atoms with Crippen molar-refractivity contribution in [1.82, 2.24) is 15.1 Å². The molecule has 2 rings (SSSR count). The van der Waals surface area contributed by atoms with Crippen LogP contribution >= 0.6 is 0 Å². The summed E-state index contributed by atoms with van der Waals surface area (Å²) in [5.74, 6) is -3.88. The lowest BCUT2D eigenvalue weighted by Gasteiger charge is -2.34. The number of hydrogen-bond acceptors (Lipinski definition) is 6. The van der Waals surface area contributed by atoms with E-state index in [0.717, 1.165) is 4.90 Å². The van der Waals surface area contributed by atoms with E-state index in [9.17, 15) is 24.0 Å². The molecule has 2 aliphatic rings. The van der Waals surface area contributed by atoms with Gasteiger partial charge in [-0.1, -0.05) is 13.8 Å². The molecule has 180 valence electrons. The van der Waals surface area contributed by atoms with Crippen molar-refractivity contribution in [3.05, 3.63) is 0 Å². The van der Waals surface area contributed by atoms with Crippen LogP contribution in [-0.2, 0) is 23.9 Å². The first-order valence-electron chi connectivity index (χ1n) is 10.8. The zero-order chi connectivity index (χ0) is 24.4. The topological polar surface area (TPSA) is 153 Å². The van der Waals surface area contributed by atoms with Gasteiger partial charge >= 0.3 is 18.0 Å². The van der Waals surface area contributed by atoms with Crippen molar-refractivity contribution in [3.63, 3.8) is 0 Å². The highest BCUT2D eigenvalue weighted by molar-refractivity contribution is 6.00. The quantitative estimate of drug-likeness (QED) is 0.479. The molecule has 0 spiro atoms. The fraction of sp³-hybridized carbons (Fsp3) is 0.762. The van der Waals surface area contributed by atoms with Gasteiger partial charge in [0.15, 0.2) is 12.1 Å². The molecule has 11 nitrogen and oxygen atoms in total. The molecule has 0 saturated carbocycles. The number of aliphatic carboxylic acids is 2. The van der Waals surface area contributed by atoms with E-state index in [4.69, 9.17) is 14.9 Å². The molecule has 2 fully saturated rings. The zero-order valence-electron chi connectivity index (χ0n) is 19.2. The number of piperidine rings is 1. The number of amides is 3. The van der Waals surface area contributed by atoms with Crippen LogP contribution in [0.1, 0.15) is 53.9 Å². The molecular formula is C21H33N3O8. The second-order valence-electron chi connectivity index (χ2n) is 9.74. The Labute approximate surface area is 187 Å². The van der Waals surface area contributed by atoms with Gasteiger partial charge < -0.3 is 30.1 Å². The number of nitrogens with zero attached hydrogens (tertiary/aromatic N) is 2. The number of hydrogen-bond donors (Lipinski definition) is 3. The Balaban J connectivity index is 1.97. The van der Waals surface area contributed by atoms with Crippen LogP contribution in [0.5, 0.6) is 0 Å². The number of alkyl carbamates (subject to hydrolysis) is 1. The molecule has 11 heteroatoms. The van der Waals surface area contributed by atoms with Crippen molar-refractivity contribution >= 4 is 29.8 Å². The van der Waals surface area contributed by atoms with Gasteiger partial charge in [0, 0.05) is 19.0 Å². The summed E-state index contributed by atoms with van der Waals surface area (Å²) in [5.41, 5.74) is -0.700. The Bertz CT molecular complexity index is 747. The van der Waals surface area contributed by atoms with E-state index < -0.39 is 53.6 Å². The smallest absolute Gasteiger partial charge is 0.408 e. The normalized spacial score (nSPS) is 22.3. The molecular weight excluding hydrogens is 422 g/mol. The Morgan fingerprint density at radius 3 is 1.91 bits per heavy atom. The van der Waals surface area contributed by atoms with Crippen LogP contribution < -0.4 is 5.32 Å². The van der Waals surface area contributed by atoms with Gasteiger partial charge in [-0.15, -0.1) is 0 Å². The third kappa shape index (κ3) is 6.33. The van der Waals surface area contributed by atoms with Gasteiger partial charge in [-0.2, -0.15) is 0 Å². The second-order valence-corrected chi connectivity index (χ2v) is 9.74. The van der Waals surface area contributed by atoms with Crippen LogP contribution in [0.15, 0.2) is 0 Å². The Hall–Kier alpha value is -2.85. The predicted octanol–water partition coefficient (Wildman–Crippen LogP) is 0.913. The molecule has 2 saturated heterocycles. The Morgan fingerprint density at radius 2 is 1.50 bits per heavy atom. The SMILES string of the molecule is CC(C)C[C@H](NC(=O)OC(C)(C)C)C(=O)N1CCC(C(=O)N2[C@H](C(=O)O)[C@H]2C(=O)O)CC1. The third-order valence-electron chi connectivity index (χ3n) is 5.42. The van der Waals surface area contributed by atoms with Crippen molar-refractivity contribution < 1.29 is 38.9 Å². The van der Waals surface area contributed by atoms with Crippen LogP contribution in [0.4, 0.5) is 4.79 Å². The highest BCUT2D eigenvalue weighted by Crippen LogP contribution is 2.33. The van der Waals surface area contributed by atoms with Gasteiger partial charge in [-0.05, 0) is 46.0 Å². The molecule has 0 bridgehead atoms. The van der Waals surface area contributed by atoms with Gasteiger partial charge in [0.2, 0.25) is 11.8 Å². The van der Waals surface area contributed by atoms with Gasteiger partial charge in [-0.3, -0.25) is 9.59 Å². The molecule has 3 atom stereocenters. The summed E-state index contributed by atoms with van der Waals surface area (Å²) >= 11 is 0. The van der Waals surface area contributed by atoms with Crippen LogP contribution in [0, 0.1) is 11.8 Å². The van der Waals surface area contributed by atoms with E-state index >= 15 is 0 Å². The maximum Gasteiger partial charge on any atom is 0.408 e. The van der Waals surface area contributed by atoms with E-state index in [0.29, 0.717) is 19.3 Å². The first-order chi connectivity index (χ1) is 14.7. The number of likely N-dealkylation sites (tertiary alicyclic amines) is 1. The largest absolute Gasteiger partial charge is 0.480 e. The van der Waals surface area contributed by atoms with Crippen LogP contribution in [0.2, 0.25) is 0 Å².